The lowest BCUT2D eigenvalue weighted by Crippen LogP contribution is -2.30. The third-order valence-corrected chi connectivity index (χ3v) is 6.67. The number of aromatic nitrogens is 1. The van der Waals surface area contributed by atoms with Crippen LogP contribution in [0, 0.1) is 17.9 Å². The predicted molar refractivity (Wildman–Crippen MR) is 123 cm³/mol. The van der Waals surface area contributed by atoms with Gasteiger partial charge in [-0.2, -0.15) is 5.26 Å². The highest BCUT2D eigenvalue weighted by Gasteiger charge is 2.28. The van der Waals surface area contributed by atoms with Crippen LogP contribution in [0.5, 0.6) is 0 Å². The summed E-state index contributed by atoms with van der Waals surface area (Å²) in [4.78, 5) is 36.4. The first kappa shape index (κ1) is 23.1. The summed E-state index contributed by atoms with van der Waals surface area (Å²) < 4.78 is 0. The van der Waals surface area contributed by atoms with Gasteiger partial charge in [-0.1, -0.05) is 49.0 Å². The maximum atomic E-state index is 12.3. The summed E-state index contributed by atoms with van der Waals surface area (Å²) in [7, 11) is 1.75. The number of pyridine rings is 1. The second-order valence-electron chi connectivity index (χ2n) is 7.38. The molecule has 1 fully saturated rings. The lowest BCUT2D eigenvalue weighted by atomic mass is 10.1. The van der Waals surface area contributed by atoms with Gasteiger partial charge in [-0.3, -0.25) is 9.59 Å². The van der Waals surface area contributed by atoms with Crippen molar-refractivity contribution < 1.29 is 9.59 Å². The molecule has 0 radical (unpaired) electrons. The van der Waals surface area contributed by atoms with Gasteiger partial charge < -0.3 is 15.5 Å². The van der Waals surface area contributed by atoms with Crippen LogP contribution in [-0.4, -0.2) is 48.4 Å². The minimum Gasteiger partial charge on any atom is -0.368 e. The van der Waals surface area contributed by atoms with Gasteiger partial charge in [-0.25, -0.2) is 9.83 Å². The second-order valence-corrected chi connectivity index (χ2v) is 8.48. The fourth-order valence-electron chi connectivity index (χ4n) is 3.64. The molecule has 2 heterocycles. The number of carbonyl (C=O) groups excluding carboxylic acids is 2. The van der Waals surface area contributed by atoms with Crippen LogP contribution in [-0.2, 0) is 16.0 Å². The van der Waals surface area contributed by atoms with Gasteiger partial charge in [0.25, 0.3) is 0 Å². The van der Waals surface area contributed by atoms with Crippen molar-refractivity contribution in [1.29, 1.82) is 5.26 Å². The molecule has 0 spiro atoms. The molecule has 1 atom stereocenters. The maximum Gasteiger partial charge on any atom is 0.235 e. The van der Waals surface area contributed by atoms with E-state index in [1.165, 1.54) is 0 Å². The second kappa shape index (κ2) is 10.2. The lowest BCUT2D eigenvalue weighted by molar-refractivity contribution is -0.129. The van der Waals surface area contributed by atoms with Gasteiger partial charge in [0.15, 0.2) is 0 Å². The molecule has 3 rings (SSSR count). The zero-order chi connectivity index (χ0) is 23.3. The number of nitriles is 1. The van der Waals surface area contributed by atoms with E-state index in [0.29, 0.717) is 60.1 Å². The minimum atomic E-state index is -0.732. The Labute approximate surface area is 191 Å². The van der Waals surface area contributed by atoms with Crippen molar-refractivity contribution in [2.45, 2.75) is 30.0 Å². The largest absolute Gasteiger partial charge is 0.368 e. The number of nitrogens with zero attached hydrogens (tertiary/aromatic N) is 5. The van der Waals surface area contributed by atoms with Crippen molar-refractivity contribution in [2.75, 3.05) is 31.6 Å². The molecule has 1 aromatic heterocycles. The van der Waals surface area contributed by atoms with E-state index < -0.39 is 11.2 Å². The highest BCUT2D eigenvalue weighted by molar-refractivity contribution is 8.00. The standard InChI is InChI=1S/C23H24N6O2S/c1-4-16-17(14-24)23(32-20(21(25)31)15-8-6-5-7-9-15)27-22(19(16)26-2)29-11-10-18(30)28(3)12-13-29/h5-9,20H,4,10-13H2,1,3H3,(H2,25,31). The van der Waals surface area contributed by atoms with E-state index in [1.807, 2.05) is 30.0 Å². The van der Waals surface area contributed by atoms with E-state index in [2.05, 4.69) is 10.9 Å². The van der Waals surface area contributed by atoms with Crippen LogP contribution >= 0.6 is 11.8 Å². The zero-order valence-corrected chi connectivity index (χ0v) is 18.9. The molecular formula is C23H24N6O2S. The molecule has 8 nitrogen and oxygen atoms in total. The number of hydrogen-bond donors (Lipinski definition) is 1. The number of rotatable bonds is 6. The summed E-state index contributed by atoms with van der Waals surface area (Å²) in [6.45, 7) is 11.1. The highest BCUT2D eigenvalue weighted by atomic mass is 32.2. The number of nitrogens with two attached hydrogens (primary N) is 1. The van der Waals surface area contributed by atoms with Crippen molar-refractivity contribution >= 4 is 35.1 Å². The van der Waals surface area contributed by atoms with Gasteiger partial charge in [-0.05, 0) is 17.5 Å². The predicted octanol–water partition coefficient (Wildman–Crippen LogP) is 3.05. The summed E-state index contributed by atoms with van der Waals surface area (Å²) in [5.74, 6) is -0.0610. The summed E-state index contributed by atoms with van der Waals surface area (Å²) in [5.41, 5.74) is 7.61. The molecule has 32 heavy (non-hydrogen) atoms. The Morgan fingerprint density at radius 1 is 1.34 bits per heavy atom. The van der Waals surface area contributed by atoms with Crippen LogP contribution in [0.4, 0.5) is 11.5 Å². The lowest BCUT2D eigenvalue weighted by Gasteiger charge is -2.25. The van der Waals surface area contributed by atoms with Crippen molar-refractivity contribution in [3.8, 4) is 6.07 Å². The first-order valence-corrected chi connectivity index (χ1v) is 11.1. The van der Waals surface area contributed by atoms with E-state index in [4.69, 9.17) is 17.3 Å². The highest BCUT2D eigenvalue weighted by Crippen LogP contribution is 2.42. The normalized spacial score (nSPS) is 14.9. The van der Waals surface area contributed by atoms with Crippen molar-refractivity contribution in [3.05, 3.63) is 58.4 Å². The number of carbonyl (C=O) groups is 2. The number of likely N-dealkylation sites (N-methyl/N-ethyl adjacent to an activating group) is 1. The SMILES string of the molecule is [C-]#[N+]c1c(N2CCC(=O)N(C)CC2)nc(SC(C(N)=O)c2ccccc2)c(C#N)c1CC. The Morgan fingerprint density at radius 3 is 2.66 bits per heavy atom. The molecule has 9 heteroatoms. The van der Waals surface area contributed by atoms with Crippen LogP contribution in [0.15, 0.2) is 35.4 Å². The van der Waals surface area contributed by atoms with Gasteiger partial charge in [0.2, 0.25) is 17.5 Å². The van der Waals surface area contributed by atoms with Gasteiger partial charge in [-0.15, -0.1) is 0 Å². The van der Waals surface area contributed by atoms with Crippen LogP contribution in [0.2, 0.25) is 0 Å². The van der Waals surface area contributed by atoms with Gasteiger partial charge in [0, 0.05) is 33.1 Å². The molecular weight excluding hydrogens is 424 g/mol. The Bertz CT molecular complexity index is 1110. The summed E-state index contributed by atoms with van der Waals surface area (Å²) in [5, 5.41) is 9.53. The van der Waals surface area contributed by atoms with Crippen molar-refractivity contribution in [3.63, 3.8) is 0 Å². The Kier molecular flexibility index (Phi) is 7.34. The molecule has 1 aliphatic heterocycles. The molecule has 1 saturated heterocycles. The maximum absolute atomic E-state index is 12.3. The molecule has 1 aliphatic rings. The average Bonchev–Trinajstić information content (AvgIpc) is 2.97. The number of amides is 2. The van der Waals surface area contributed by atoms with Crippen molar-refractivity contribution in [2.24, 2.45) is 5.73 Å². The smallest absolute Gasteiger partial charge is 0.235 e. The first-order valence-electron chi connectivity index (χ1n) is 10.3. The number of benzene rings is 1. The van der Waals surface area contributed by atoms with E-state index in [0.717, 1.165) is 11.8 Å². The van der Waals surface area contributed by atoms with Crippen LogP contribution < -0.4 is 10.6 Å². The Balaban J connectivity index is 2.13. The average molecular weight is 449 g/mol. The molecule has 0 aliphatic carbocycles. The van der Waals surface area contributed by atoms with Gasteiger partial charge >= 0.3 is 0 Å². The topological polar surface area (TPSA) is 108 Å². The summed E-state index contributed by atoms with van der Waals surface area (Å²) in [6, 6.07) is 11.3. The number of anilines is 1. The quantitative estimate of drug-likeness (QED) is 0.538. The molecule has 2 N–H and O–H groups in total. The zero-order valence-electron chi connectivity index (χ0n) is 18.0. The van der Waals surface area contributed by atoms with E-state index in [9.17, 15) is 14.9 Å². The van der Waals surface area contributed by atoms with Crippen LogP contribution in [0.25, 0.3) is 4.85 Å². The molecule has 2 aromatic rings. The van der Waals surface area contributed by atoms with Gasteiger partial charge in [0.05, 0.1) is 12.1 Å². The molecule has 1 aromatic carbocycles. The molecule has 1 unspecified atom stereocenters. The Hall–Kier alpha value is -3.56. The molecule has 0 bridgehead atoms. The number of primary amides is 1. The third-order valence-electron chi connectivity index (χ3n) is 5.41. The summed E-state index contributed by atoms with van der Waals surface area (Å²) >= 11 is 1.12. The number of thioether (sulfide) groups is 1. The summed E-state index contributed by atoms with van der Waals surface area (Å²) in [6.07, 6.45) is 0.774. The minimum absolute atomic E-state index is 0.0358. The fourth-order valence-corrected chi connectivity index (χ4v) is 4.70. The monoisotopic (exact) mass is 448 g/mol. The fraction of sp³-hybridized carbons (Fsp3) is 0.348. The number of hydrogen-bond acceptors (Lipinski definition) is 6. The first-order chi connectivity index (χ1) is 15.4. The van der Waals surface area contributed by atoms with Crippen LogP contribution in [0.3, 0.4) is 0 Å². The van der Waals surface area contributed by atoms with E-state index >= 15 is 0 Å². The third kappa shape index (κ3) is 4.68. The Morgan fingerprint density at radius 2 is 2.06 bits per heavy atom. The molecule has 0 saturated carbocycles. The van der Waals surface area contributed by atoms with Crippen LogP contribution in [0.1, 0.15) is 35.3 Å². The van der Waals surface area contributed by atoms with E-state index in [-0.39, 0.29) is 11.5 Å². The molecule has 2 amide bonds. The molecule has 164 valence electrons. The van der Waals surface area contributed by atoms with Crippen molar-refractivity contribution in [1.82, 2.24) is 9.88 Å². The van der Waals surface area contributed by atoms with Gasteiger partial charge in [0.1, 0.15) is 22.2 Å². The van der Waals surface area contributed by atoms with E-state index in [1.54, 1.807) is 24.1 Å².